The Kier molecular flexibility index (Phi) is 4.70. The molecule has 1 unspecified atom stereocenters. The second-order valence-electron chi connectivity index (χ2n) is 5.48. The lowest BCUT2D eigenvalue weighted by atomic mass is 9.93. The van der Waals surface area contributed by atoms with Crippen molar-refractivity contribution in [1.82, 2.24) is 10.3 Å². The highest BCUT2D eigenvalue weighted by Gasteiger charge is 2.23. The normalized spacial score (nSPS) is 17.8. The minimum atomic E-state index is -0.823. The van der Waals surface area contributed by atoms with Gasteiger partial charge in [-0.3, -0.25) is 0 Å². The number of nitrogens with zero attached hydrogens (tertiary/aromatic N) is 1. The molecule has 21 heavy (non-hydrogen) atoms. The zero-order valence-electron chi connectivity index (χ0n) is 11.8. The monoisotopic (exact) mass is 351 g/mol. The summed E-state index contributed by atoms with van der Waals surface area (Å²) in [7, 11) is 0. The van der Waals surface area contributed by atoms with Gasteiger partial charge in [-0.15, -0.1) is 0 Å². The number of nitrogens with one attached hydrogen (secondary N) is 2. The number of rotatable bonds is 4. The first-order chi connectivity index (χ1) is 10.3. The van der Waals surface area contributed by atoms with E-state index in [1.165, 1.54) is 0 Å². The van der Waals surface area contributed by atoms with E-state index in [4.69, 9.17) is 0 Å². The maximum atomic E-state index is 14.3. The second kappa shape index (κ2) is 6.71. The molecule has 1 aliphatic heterocycles. The second-order valence-corrected chi connectivity index (χ2v) is 6.34. The van der Waals surface area contributed by atoms with Gasteiger partial charge in [0.2, 0.25) is 0 Å². The van der Waals surface area contributed by atoms with Crippen LogP contribution in [0.4, 0.5) is 10.2 Å². The van der Waals surface area contributed by atoms with Gasteiger partial charge in [0.1, 0.15) is 12.0 Å². The van der Waals surface area contributed by atoms with Crippen LogP contribution < -0.4 is 10.6 Å². The van der Waals surface area contributed by atoms with E-state index in [0.29, 0.717) is 6.54 Å². The number of hydrogen-bond acceptors (Lipinski definition) is 3. The summed E-state index contributed by atoms with van der Waals surface area (Å²) in [5.74, 6) is 0.908. The minimum Gasteiger partial charge on any atom is -0.367 e. The molecule has 1 aliphatic rings. The number of alkyl halides is 1. The van der Waals surface area contributed by atoms with Crippen LogP contribution in [0.25, 0.3) is 10.8 Å². The fourth-order valence-electron chi connectivity index (χ4n) is 2.87. The lowest BCUT2D eigenvalue weighted by Gasteiger charge is -2.26. The number of benzene rings is 1. The molecule has 0 saturated carbocycles. The number of aromatic nitrogens is 1. The first-order valence-corrected chi connectivity index (χ1v) is 8.17. The molecular formula is C16H19BrFN3. The van der Waals surface area contributed by atoms with Crippen molar-refractivity contribution in [2.75, 3.05) is 25.0 Å². The van der Waals surface area contributed by atoms with Crippen molar-refractivity contribution in [2.24, 2.45) is 5.92 Å². The molecule has 112 valence electrons. The molecule has 0 aliphatic carbocycles. The van der Waals surface area contributed by atoms with Crippen LogP contribution >= 0.6 is 15.9 Å². The van der Waals surface area contributed by atoms with Gasteiger partial charge >= 0.3 is 0 Å². The summed E-state index contributed by atoms with van der Waals surface area (Å²) in [4.78, 5) is 4.39. The van der Waals surface area contributed by atoms with E-state index < -0.39 is 6.17 Å². The van der Waals surface area contributed by atoms with Crippen molar-refractivity contribution in [1.29, 1.82) is 0 Å². The topological polar surface area (TPSA) is 37.0 Å². The van der Waals surface area contributed by atoms with Crippen LogP contribution in [0.5, 0.6) is 0 Å². The number of pyridine rings is 1. The SMILES string of the molecule is FC(CNc1ncc(Br)c2ccccc12)C1CCNCC1. The average Bonchev–Trinajstić information content (AvgIpc) is 2.55. The van der Waals surface area contributed by atoms with Crippen LogP contribution in [-0.4, -0.2) is 30.8 Å². The van der Waals surface area contributed by atoms with Gasteiger partial charge in [0.15, 0.2) is 0 Å². The number of hydrogen-bond donors (Lipinski definition) is 2. The van der Waals surface area contributed by atoms with Crippen molar-refractivity contribution in [3.8, 4) is 0 Å². The summed E-state index contributed by atoms with van der Waals surface area (Å²) >= 11 is 3.50. The van der Waals surface area contributed by atoms with E-state index in [1.807, 2.05) is 24.3 Å². The van der Waals surface area contributed by atoms with Crippen LogP contribution in [0, 0.1) is 5.92 Å². The van der Waals surface area contributed by atoms with Crippen molar-refractivity contribution in [2.45, 2.75) is 19.0 Å². The molecular weight excluding hydrogens is 333 g/mol. The Hall–Kier alpha value is -1.20. The van der Waals surface area contributed by atoms with Crippen LogP contribution in [0.2, 0.25) is 0 Å². The van der Waals surface area contributed by atoms with Gasteiger partial charge in [-0.2, -0.15) is 0 Å². The molecule has 2 aromatic rings. The van der Waals surface area contributed by atoms with Crippen molar-refractivity contribution >= 4 is 32.5 Å². The Morgan fingerprint density at radius 2 is 2.00 bits per heavy atom. The zero-order valence-corrected chi connectivity index (χ0v) is 13.4. The van der Waals surface area contributed by atoms with E-state index in [2.05, 4.69) is 31.5 Å². The van der Waals surface area contributed by atoms with Gasteiger partial charge < -0.3 is 10.6 Å². The summed E-state index contributed by atoms with van der Waals surface area (Å²) < 4.78 is 15.3. The fraction of sp³-hybridized carbons (Fsp3) is 0.438. The Balaban J connectivity index is 1.72. The van der Waals surface area contributed by atoms with Crippen molar-refractivity contribution in [3.63, 3.8) is 0 Å². The molecule has 1 fully saturated rings. The van der Waals surface area contributed by atoms with Crippen LogP contribution in [0.15, 0.2) is 34.9 Å². The summed E-state index contributed by atoms with van der Waals surface area (Å²) in [6, 6.07) is 8.00. The Morgan fingerprint density at radius 1 is 1.29 bits per heavy atom. The van der Waals surface area contributed by atoms with Crippen molar-refractivity contribution < 1.29 is 4.39 Å². The standard InChI is InChI=1S/C16H19BrFN3/c17-14-9-20-16(13-4-2-1-3-12(13)14)21-10-15(18)11-5-7-19-8-6-11/h1-4,9,11,15,19H,5-8,10H2,(H,20,21). The molecule has 5 heteroatoms. The van der Waals surface area contributed by atoms with E-state index in [9.17, 15) is 4.39 Å². The number of piperidine rings is 1. The number of halogens is 2. The summed E-state index contributed by atoms with van der Waals surface area (Å²) in [6.45, 7) is 2.17. The van der Waals surface area contributed by atoms with Crippen LogP contribution in [-0.2, 0) is 0 Å². The summed E-state index contributed by atoms with van der Waals surface area (Å²) in [5.41, 5.74) is 0. The quantitative estimate of drug-likeness (QED) is 0.880. The lowest BCUT2D eigenvalue weighted by molar-refractivity contribution is 0.198. The minimum absolute atomic E-state index is 0.153. The van der Waals surface area contributed by atoms with Gasteiger partial charge in [0, 0.05) is 28.0 Å². The van der Waals surface area contributed by atoms with Gasteiger partial charge in [-0.1, -0.05) is 24.3 Å². The van der Waals surface area contributed by atoms with E-state index in [1.54, 1.807) is 6.20 Å². The molecule has 1 aromatic heterocycles. The molecule has 2 N–H and O–H groups in total. The Morgan fingerprint density at radius 3 is 2.76 bits per heavy atom. The molecule has 3 nitrogen and oxygen atoms in total. The molecule has 0 spiro atoms. The van der Waals surface area contributed by atoms with Gasteiger partial charge in [-0.25, -0.2) is 9.37 Å². The molecule has 1 saturated heterocycles. The number of fused-ring (bicyclic) bond motifs is 1. The molecule has 2 heterocycles. The summed E-state index contributed by atoms with van der Waals surface area (Å²) in [5, 5.41) is 8.56. The van der Waals surface area contributed by atoms with Crippen LogP contribution in [0.1, 0.15) is 12.8 Å². The molecule has 1 aromatic carbocycles. The largest absolute Gasteiger partial charge is 0.367 e. The highest BCUT2D eigenvalue weighted by atomic mass is 79.9. The molecule has 0 radical (unpaired) electrons. The Bertz CT molecular complexity index is 613. The van der Waals surface area contributed by atoms with Gasteiger partial charge in [0.05, 0.1) is 0 Å². The average molecular weight is 352 g/mol. The van der Waals surface area contributed by atoms with Crippen molar-refractivity contribution in [3.05, 3.63) is 34.9 Å². The van der Waals surface area contributed by atoms with Gasteiger partial charge in [-0.05, 0) is 47.8 Å². The smallest absolute Gasteiger partial charge is 0.134 e. The lowest BCUT2D eigenvalue weighted by Crippen LogP contribution is -2.35. The first-order valence-electron chi connectivity index (χ1n) is 7.37. The highest BCUT2D eigenvalue weighted by Crippen LogP contribution is 2.28. The predicted octanol–water partition coefficient (Wildman–Crippen LogP) is 3.75. The van der Waals surface area contributed by atoms with Gasteiger partial charge in [0.25, 0.3) is 0 Å². The molecule has 3 rings (SSSR count). The van der Waals surface area contributed by atoms with E-state index in [-0.39, 0.29) is 5.92 Å². The predicted molar refractivity (Wildman–Crippen MR) is 88.4 cm³/mol. The van der Waals surface area contributed by atoms with E-state index in [0.717, 1.165) is 47.0 Å². The molecule has 1 atom stereocenters. The number of anilines is 1. The maximum Gasteiger partial charge on any atom is 0.134 e. The van der Waals surface area contributed by atoms with E-state index >= 15 is 0 Å². The molecule has 0 amide bonds. The third kappa shape index (κ3) is 3.35. The van der Waals surface area contributed by atoms with Crippen LogP contribution in [0.3, 0.4) is 0 Å². The Labute approximate surface area is 132 Å². The zero-order chi connectivity index (χ0) is 14.7. The first kappa shape index (κ1) is 14.7. The maximum absolute atomic E-state index is 14.3. The fourth-order valence-corrected chi connectivity index (χ4v) is 3.31. The third-order valence-electron chi connectivity index (χ3n) is 4.11. The highest BCUT2D eigenvalue weighted by molar-refractivity contribution is 9.10. The summed E-state index contributed by atoms with van der Waals surface area (Å²) in [6.07, 6.45) is 2.77. The third-order valence-corrected chi connectivity index (χ3v) is 4.74. The molecule has 0 bridgehead atoms.